The minimum absolute atomic E-state index is 0.347. The molecular weight excluding hydrogens is 94.8 g/mol. The molecule has 4 heteroatoms. The molecule has 1 heterocycles. The van der Waals surface area contributed by atoms with Crippen molar-refractivity contribution in [3.63, 3.8) is 0 Å². The average Bonchev–Trinajstić information content (AvgIpc) is 2.42. The molecule has 0 spiro atoms. The van der Waals surface area contributed by atoms with Gasteiger partial charge in [0.25, 0.3) is 0 Å². The van der Waals surface area contributed by atoms with Crippen LogP contribution in [0.3, 0.4) is 0 Å². The van der Waals surface area contributed by atoms with Gasteiger partial charge in [-0.3, -0.25) is 0 Å². The largest absolute Gasteiger partial charge is 0.694 e. The third-order valence-corrected chi connectivity index (χ3v) is 0.633. The van der Waals surface area contributed by atoms with Gasteiger partial charge < -0.3 is 4.65 Å². The van der Waals surface area contributed by atoms with E-state index in [0.29, 0.717) is 6.61 Å². The molecule has 1 rings (SSSR count). The maximum absolute atomic E-state index is 4.86. The zero-order chi connectivity index (χ0) is 5.11. The Morgan fingerprint density at radius 2 is 2.29 bits per heavy atom. The van der Waals surface area contributed by atoms with Crippen LogP contribution in [0.1, 0.15) is 13.3 Å². The Bertz CT molecular complexity index is 54.1. The van der Waals surface area contributed by atoms with E-state index in [9.17, 15) is 0 Å². The van der Waals surface area contributed by atoms with Gasteiger partial charge in [-0.1, -0.05) is 6.92 Å². The van der Waals surface area contributed by atoms with E-state index in [1.54, 1.807) is 0 Å². The lowest BCUT2D eigenvalue weighted by molar-refractivity contribution is 0.0850. The lowest BCUT2D eigenvalue weighted by atomic mass is 10.3. The highest BCUT2D eigenvalue weighted by Crippen LogP contribution is 2.06. The molecular formula is C3H7BO3. The zero-order valence-corrected chi connectivity index (χ0v) is 4.22. The van der Waals surface area contributed by atoms with E-state index in [2.05, 4.69) is 9.61 Å². The topological polar surface area (TPSA) is 34.3 Å². The number of rotatable bonds is 3. The third-order valence-electron chi connectivity index (χ3n) is 0.633. The molecule has 1 aliphatic rings. The SMILES string of the molecule is CCCOB1OO1. The van der Waals surface area contributed by atoms with Crippen molar-refractivity contribution >= 4 is 7.32 Å². The van der Waals surface area contributed by atoms with E-state index < -0.39 is 0 Å². The van der Waals surface area contributed by atoms with E-state index in [1.807, 2.05) is 6.92 Å². The van der Waals surface area contributed by atoms with E-state index in [0.717, 1.165) is 6.42 Å². The summed E-state index contributed by atoms with van der Waals surface area (Å²) in [6.07, 6.45) is 1.00. The van der Waals surface area contributed by atoms with Crippen molar-refractivity contribution in [2.75, 3.05) is 6.61 Å². The summed E-state index contributed by atoms with van der Waals surface area (Å²) in [6.45, 7) is 2.74. The average molecular weight is 102 g/mol. The summed E-state index contributed by atoms with van der Waals surface area (Å²) in [5.41, 5.74) is 0. The van der Waals surface area contributed by atoms with Gasteiger partial charge in [-0.25, -0.2) is 9.61 Å². The molecule has 0 N–H and O–H groups in total. The molecule has 0 saturated carbocycles. The highest BCUT2D eigenvalue weighted by atomic mass is 17.4. The Balaban J connectivity index is 1.80. The Morgan fingerprint density at radius 1 is 1.57 bits per heavy atom. The Labute approximate surface area is 42.7 Å². The van der Waals surface area contributed by atoms with Gasteiger partial charge in [-0.15, -0.1) is 0 Å². The summed E-state index contributed by atoms with van der Waals surface area (Å²) in [4.78, 5) is 8.58. The monoisotopic (exact) mass is 102 g/mol. The minimum Gasteiger partial charge on any atom is -0.383 e. The van der Waals surface area contributed by atoms with Crippen LogP contribution < -0.4 is 0 Å². The molecule has 0 radical (unpaired) electrons. The van der Waals surface area contributed by atoms with Crippen molar-refractivity contribution in [1.82, 2.24) is 0 Å². The lowest BCUT2D eigenvalue weighted by Crippen LogP contribution is -1.99. The Morgan fingerprint density at radius 3 is 2.71 bits per heavy atom. The van der Waals surface area contributed by atoms with Crippen molar-refractivity contribution < 1.29 is 14.3 Å². The van der Waals surface area contributed by atoms with Crippen molar-refractivity contribution in [2.45, 2.75) is 13.3 Å². The van der Waals surface area contributed by atoms with Gasteiger partial charge in [-0.05, 0) is 6.42 Å². The molecule has 0 aromatic rings. The second kappa shape index (κ2) is 2.30. The molecule has 0 aliphatic carbocycles. The molecule has 1 saturated heterocycles. The summed E-state index contributed by atoms with van der Waals surface area (Å²) in [5, 5.41) is 0. The van der Waals surface area contributed by atoms with Gasteiger partial charge in [0.2, 0.25) is 0 Å². The first-order chi connectivity index (χ1) is 3.43. The first-order valence-corrected chi connectivity index (χ1v) is 2.37. The quantitative estimate of drug-likeness (QED) is 0.293. The molecule has 1 fully saturated rings. The molecule has 7 heavy (non-hydrogen) atoms. The first kappa shape index (κ1) is 5.09. The van der Waals surface area contributed by atoms with Crippen LogP contribution in [0.25, 0.3) is 0 Å². The molecule has 0 unspecified atom stereocenters. The van der Waals surface area contributed by atoms with Crippen molar-refractivity contribution in [2.24, 2.45) is 0 Å². The van der Waals surface area contributed by atoms with Crippen LogP contribution in [-0.4, -0.2) is 13.9 Å². The fourth-order valence-electron chi connectivity index (χ4n) is 0.292. The molecule has 0 atom stereocenters. The maximum Gasteiger partial charge on any atom is 0.694 e. The Kier molecular flexibility index (Phi) is 1.67. The summed E-state index contributed by atoms with van der Waals surface area (Å²) in [6, 6.07) is 0. The summed E-state index contributed by atoms with van der Waals surface area (Å²) in [5.74, 6) is 0. The highest BCUT2D eigenvalue weighted by Gasteiger charge is 2.38. The van der Waals surface area contributed by atoms with Crippen LogP contribution in [0.2, 0.25) is 0 Å². The van der Waals surface area contributed by atoms with Crippen LogP contribution in [0, 0.1) is 0 Å². The molecule has 3 nitrogen and oxygen atoms in total. The van der Waals surface area contributed by atoms with E-state index in [1.165, 1.54) is 0 Å². The van der Waals surface area contributed by atoms with Gasteiger partial charge in [0.15, 0.2) is 0 Å². The van der Waals surface area contributed by atoms with Crippen LogP contribution >= 0.6 is 0 Å². The predicted molar refractivity (Wildman–Crippen MR) is 24.2 cm³/mol. The maximum atomic E-state index is 4.86. The number of hydrogen-bond acceptors (Lipinski definition) is 3. The lowest BCUT2D eigenvalue weighted by Gasteiger charge is -1.85. The molecule has 40 valence electrons. The Hall–Kier alpha value is -0.0551. The first-order valence-electron chi connectivity index (χ1n) is 2.37. The van der Waals surface area contributed by atoms with Gasteiger partial charge in [0, 0.05) is 6.61 Å². The molecule has 0 aromatic carbocycles. The van der Waals surface area contributed by atoms with Gasteiger partial charge >= 0.3 is 7.32 Å². The molecule has 0 amide bonds. The van der Waals surface area contributed by atoms with Crippen molar-refractivity contribution in [3.05, 3.63) is 0 Å². The van der Waals surface area contributed by atoms with E-state index in [-0.39, 0.29) is 7.32 Å². The molecule has 0 bridgehead atoms. The molecule has 0 aromatic heterocycles. The van der Waals surface area contributed by atoms with Crippen molar-refractivity contribution in [3.8, 4) is 0 Å². The summed E-state index contributed by atoms with van der Waals surface area (Å²) >= 11 is 0. The van der Waals surface area contributed by atoms with Gasteiger partial charge in [0.1, 0.15) is 0 Å². The van der Waals surface area contributed by atoms with Crippen LogP contribution in [0.5, 0.6) is 0 Å². The number of hydrogen-bond donors (Lipinski definition) is 0. The summed E-state index contributed by atoms with van der Waals surface area (Å²) < 4.78 is 4.86. The third kappa shape index (κ3) is 1.92. The minimum atomic E-state index is -0.347. The second-order valence-electron chi connectivity index (χ2n) is 1.35. The second-order valence-corrected chi connectivity index (χ2v) is 1.35. The highest BCUT2D eigenvalue weighted by molar-refractivity contribution is 6.41. The van der Waals surface area contributed by atoms with Crippen LogP contribution in [0.4, 0.5) is 0 Å². The van der Waals surface area contributed by atoms with Gasteiger partial charge in [-0.2, -0.15) is 0 Å². The normalized spacial score (nSPS) is 17.6. The molecule has 1 aliphatic heterocycles. The van der Waals surface area contributed by atoms with Crippen LogP contribution in [-0.2, 0) is 14.3 Å². The van der Waals surface area contributed by atoms with E-state index in [4.69, 9.17) is 4.65 Å². The van der Waals surface area contributed by atoms with Gasteiger partial charge in [0.05, 0.1) is 0 Å². The summed E-state index contributed by atoms with van der Waals surface area (Å²) in [7, 11) is -0.347. The fourth-order valence-corrected chi connectivity index (χ4v) is 0.292. The zero-order valence-electron chi connectivity index (χ0n) is 4.22. The fraction of sp³-hybridized carbons (Fsp3) is 1.00. The predicted octanol–water partition coefficient (Wildman–Crippen LogP) is 0.360. The standard InChI is InChI=1S/C3H7BO3/c1-2-3-5-4-6-7-4/h2-3H2,1H3. The van der Waals surface area contributed by atoms with Crippen molar-refractivity contribution in [1.29, 1.82) is 0 Å². The smallest absolute Gasteiger partial charge is 0.383 e. The van der Waals surface area contributed by atoms with Crippen LogP contribution in [0.15, 0.2) is 0 Å². The van der Waals surface area contributed by atoms with E-state index >= 15 is 0 Å².